The van der Waals surface area contributed by atoms with Crippen LogP contribution in [0.3, 0.4) is 0 Å². The van der Waals surface area contributed by atoms with E-state index in [2.05, 4.69) is 31.1 Å². The van der Waals surface area contributed by atoms with Crippen LogP contribution in [0, 0.1) is 12.8 Å². The van der Waals surface area contributed by atoms with Gasteiger partial charge in [-0.3, -0.25) is 0 Å². The Kier molecular flexibility index (Phi) is 4.87. The van der Waals surface area contributed by atoms with E-state index in [1.54, 1.807) is 0 Å². The van der Waals surface area contributed by atoms with Crippen LogP contribution in [0.1, 0.15) is 38.4 Å². The summed E-state index contributed by atoms with van der Waals surface area (Å²) in [5, 5.41) is 3.44. The van der Waals surface area contributed by atoms with Crippen LogP contribution in [-0.2, 0) is 0 Å². The summed E-state index contributed by atoms with van der Waals surface area (Å²) in [4.78, 5) is 4.87. The number of nitrogens with one attached hydrogen (secondary N) is 1. The van der Waals surface area contributed by atoms with Crippen LogP contribution in [0.15, 0.2) is 12.1 Å². The smallest absolute Gasteiger partial charge is 0.136 e. The highest BCUT2D eigenvalue weighted by molar-refractivity contribution is 7.80. The zero-order valence-corrected chi connectivity index (χ0v) is 11.8. The number of aromatic nitrogens is 1. The second kappa shape index (κ2) is 5.96. The number of hydrogen-bond donors (Lipinski definition) is 2. The Hall–Kier alpha value is -1.16. The van der Waals surface area contributed by atoms with Gasteiger partial charge in [0.1, 0.15) is 10.8 Å². The average Bonchev–Trinajstić information content (AvgIpc) is 2.25. The van der Waals surface area contributed by atoms with Crippen LogP contribution >= 0.6 is 12.2 Å². The molecule has 0 aliphatic carbocycles. The van der Waals surface area contributed by atoms with Gasteiger partial charge in [0.2, 0.25) is 0 Å². The van der Waals surface area contributed by atoms with Crippen LogP contribution in [0.25, 0.3) is 0 Å². The van der Waals surface area contributed by atoms with Gasteiger partial charge in [0.05, 0.1) is 5.56 Å². The molecule has 0 saturated heterocycles. The number of rotatable bonds is 5. The lowest BCUT2D eigenvalue weighted by Gasteiger charge is -2.23. The molecule has 1 unspecified atom stereocenters. The van der Waals surface area contributed by atoms with Crippen LogP contribution in [0.4, 0.5) is 5.82 Å². The van der Waals surface area contributed by atoms with Crippen molar-refractivity contribution in [1.29, 1.82) is 0 Å². The molecule has 0 aromatic carbocycles. The minimum Gasteiger partial charge on any atom is -0.389 e. The lowest BCUT2D eigenvalue weighted by molar-refractivity contribution is 0.509. The Morgan fingerprint density at radius 1 is 1.47 bits per heavy atom. The molecule has 1 aromatic heterocycles. The summed E-state index contributed by atoms with van der Waals surface area (Å²) in [7, 11) is 0. The first kappa shape index (κ1) is 13.9. The normalized spacial score (nSPS) is 12.5. The molecular formula is C13H21N3S. The zero-order valence-electron chi connectivity index (χ0n) is 10.9. The maximum atomic E-state index is 5.71. The molecule has 0 amide bonds. The molecule has 17 heavy (non-hydrogen) atoms. The number of anilines is 1. The molecule has 3 N–H and O–H groups in total. The average molecular weight is 251 g/mol. The number of pyridine rings is 1. The predicted octanol–water partition coefficient (Wildman–Crippen LogP) is 2.87. The lowest BCUT2D eigenvalue weighted by atomic mass is 10.0. The molecular weight excluding hydrogens is 230 g/mol. The summed E-state index contributed by atoms with van der Waals surface area (Å²) in [5.41, 5.74) is 7.50. The van der Waals surface area contributed by atoms with Gasteiger partial charge in [0.15, 0.2) is 0 Å². The number of hydrogen-bond acceptors (Lipinski definition) is 3. The summed E-state index contributed by atoms with van der Waals surface area (Å²) in [6.45, 7) is 8.51. The molecule has 0 saturated carbocycles. The standard InChI is InChI=1S/C13H21N3S/c1-5-11(8(2)3)16-13-10(12(14)17)7-6-9(4)15-13/h6-8,11H,5H2,1-4H3,(H2,14,17)(H,15,16). The molecule has 0 fully saturated rings. The monoisotopic (exact) mass is 251 g/mol. The molecule has 0 spiro atoms. The third kappa shape index (κ3) is 3.66. The van der Waals surface area contributed by atoms with Crippen molar-refractivity contribution in [2.45, 2.75) is 40.2 Å². The Labute approximate surface area is 109 Å². The van der Waals surface area contributed by atoms with Crippen molar-refractivity contribution in [1.82, 2.24) is 4.98 Å². The molecule has 4 heteroatoms. The highest BCUT2D eigenvalue weighted by Gasteiger charge is 2.14. The Morgan fingerprint density at radius 3 is 2.59 bits per heavy atom. The molecule has 0 aliphatic rings. The number of nitrogens with zero attached hydrogens (tertiary/aromatic N) is 1. The molecule has 0 aliphatic heterocycles. The van der Waals surface area contributed by atoms with Crippen molar-refractivity contribution in [2.24, 2.45) is 11.7 Å². The maximum Gasteiger partial charge on any atom is 0.136 e. The van der Waals surface area contributed by atoms with Crippen molar-refractivity contribution in [3.63, 3.8) is 0 Å². The SMILES string of the molecule is CCC(Nc1nc(C)ccc1C(N)=S)C(C)C. The predicted molar refractivity (Wildman–Crippen MR) is 77.4 cm³/mol. The third-order valence-electron chi connectivity index (χ3n) is 2.87. The van der Waals surface area contributed by atoms with Gasteiger partial charge in [0, 0.05) is 11.7 Å². The van der Waals surface area contributed by atoms with E-state index in [1.807, 2.05) is 19.1 Å². The Bertz CT molecular complexity index is 402. The van der Waals surface area contributed by atoms with Crippen LogP contribution in [-0.4, -0.2) is 16.0 Å². The molecule has 1 rings (SSSR count). The van der Waals surface area contributed by atoms with Crippen LogP contribution < -0.4 is 11.1 Å². The Morgan fingerprint density at radius 2 is 2.12 bits per heavy atom. The molecule has 94 valence electrons. The highest BCUT2D eigenvalue weighted by atomic mass is 32.1. The number of nitrogens with two attached hydrogens (primary N) is 1. The first-order valence-corrected chi connectivity index (χ1v) is 6.40. The van der Waals surface area contributed by atoms with Gasteiger partial charge in [0.25, 0.3) is 0 Å². The molecule has 1 atom stereocenters. The fraction of sp³-hybridized carbons (Fsp3) is 0.538. The van der Waals surface area contributed by atoms with Gasteiger partial charge in [-0.05, 0) is 31.4 Å². The summed E-state index contributed by atoms with van der Waals surface area (Å²) in [6.07, 6.45) is 1.05. The van der Waals surface area contributed by atoms with E-state index in [0.29, 0.717) is 16.9 Å². The topological polar surface area (TPSA) is 50.9 Å². The highest BCUT2D eigenvalue weighted by Crippen LogP contribution is 2.18. The van der Waals surface area contributed by atoms with Crippen molar-refractivity contribution in [3.8, 4) is 0 Å². The van der Waals surface area contributed by atoms with E-state index in [9.17, 15) is 0 Å². The summed E-state index contributed by atoms with van der Waals surface area (Å²) >= 11 is 5.05. The molecule has 1 heterocycles. The fourth-order valence-electron chi connectivity index (χ4n) is 1.78. The van der Waals surface area contributed by atoms with E-state index >= 15 is 0 Å². The van der Waals surface area contributed by atoms with E-state index in [-0.39, 0.29) is 0 Å². The summed E-state index contributed by atoms with van der Waals surface area (Å²) in [6, 6.07) is 4.24. The second-order valence-electron chi connectivity index (χ2n) is 4.62. The minimum absolute atomic E-state index is 0.386. The Balaban J connectivity index is 3.03. The van der Waals surface area contributed by atoms with Gasteiger partial charge in [-0.15, -0.1) is 0 Å². The van der Waals surface area contributed by atoms with E-state index in [1.165, 1.54) is 0 Å². The van der Waals surface area contributed by atoms with Gasteiger partial charge in [-0.1, -0.05) is 33.0 Å². The van der Waals surface area contributed by atoms with Crippen molar-refractivity contribution >= 4 is 23.0 Å². The third-order valence-corrected chi connectivity index (χ3v) is 3.09. The first-order valence-electron chi connectivity index (χ1n) is 5.99. The number of aryl methyl sites for hydroxylation is 1. The van der Waals surface area contributed by atoms with Crippen LogP contribution in [0.5, 0.6) is 0 Å². The first-order chi connectivity index (χ1) is 7.95. The second-order valence-corrected chi connectivity index (χ2v) is 5.06. The quantitative estimate of drug-likeness (QED) is 0.790. The van der Waals surface area contributed by atoms with Gasteiger partial charge >= 0.3 is 0 Å². The summed E-state index contributed by atoms with van der Waals surface area (Å²) < 4.78 is 0. The van der Waals surface area contributed by atoms with Gasteiger partial charge in [-0.25, -0.2) is 4.98 Å². The maximum absolute atomic E-state index is 5.71. The van der Waals surface area contributed by atoms with Crippen LogP contribution in [0.2, 0.25) is 0 Å². The van der Waals surface area contributed by atoms with Gasteiger partial charge in [-0.2, -0.15) is 0 Å². The fourth-order valence-corrected chi connectivity index (χ4v) is 1.95. The molecule has 1 aromatic rings. The zero-order chi connectivity index (χ0) is 13.0. The van der Waals surface area contributed by atoms with Gasteiger partial charge < -0.3 is 11.1 Å². The van der Waals surface area contributed by atoms with Crippen molar-refractivity contribution < 1.29 is 0 Å². The molecule has 0 bridgehead atoms. The van der Waals surface area contributed by atoms with Crippen molar-refractivity contribution in [3.05, 3.63) is 23.4 Å². The van der Waals surface area contributed by atoms with E-state index in [4.69, 9.17) is 18.0 Å². The van der Waals surface area contributed by atoms with Crippen molar-refractivity contribution in [2.75, 3.05) is 5.32 Å². The van der Waals surface area contributed by atoms with E-state index in [0.717, 1.165) is 23.5 Å². The lowest BCUT2D eigenvalue weighted by Crippen LogP contribution is -2.27. The molecule has 0 radical (unpaired) electrons. The summed E-state index contributed by atoms with van der Waals surface area (Å²) in [5.74, 6) is 1.35. The minimum atomic E-state index is 0.386. The van der Waals surface area contributed by atoms with E-state index < -0.39 is 0 Å². The number of thiocarbonyl (C=S) groups is 1. The molecule has 3 nitrogen and oxygen atoms in total. The largest absolute Gasteiger partial charge is 0.389 e.